The van der Waals surface area contributed by atoms with E-state index in [1.54, 1.807) is 39.5 Å². The van der Waals surface area contributed by atoms with Crippen LogP contribution in [0.25, 0.3) is 17.5 Å². The zero-order valence-corrected chi connectivity index (χ0v) is 67.9. The van der Waals surface area contributed by atoms with Crippen LogP contribution in [0.4, 0.5) is 87.3 Å². The van der Waals surface area contributed by atoms with Crippen LogP contribution in [-0.4, -0.2) is 228 Å². The van der Waals surface area contributed by atoms with Crippen LogP contribution in [0.3, 0.4) is 0 Å². The van der Waals surface area contributed by atoms with Crippen LogP contribution in [0.2, 0.25) is 0 Å². The Morgan fingerprint density at radius 3 is 1.13 bits per heavy atom. The van der Waals surface area contributed by atoms with Gasteiger partial charge in [-0.2, -0.15) is 29.0 Å². The minimum atomic E-state index is 0.183. The zero-order valence-electron chi connectivity index (χ0n) is 67.9. The van der Waals surface area contributed by atoms with Crippen molar-refractivity contribution in [2.45, 2.75) is 65.6 Å². The van der Waals surface area contributed by atoms with Gasteiger partial charge < -0.3 is 91.7 Å². The number of hydrogen-bond donors (Lipinski definition) is 9. The zero-order chi connectivity index (χ0) is 82.7. The number of methoxy groups -OCH3 is 3. The molecule has 36 nitrogen and oxygen atoms in total. The molecule has 6 aromatic carbocycles. The predicted octanol–water partition coefficient (Wildman–Crippen LogP) is 11.5. The fraction of sp³-hybridized carbons (Fsp3) is 0.349. The van der Waals surface area contributed by atoms with E-state index in [0.29, 0.717) is 119 Å². The van der Waals surface area contributed by atoms with E-state index in [-0.39, 0.29) is 30.1 Å². The van der Waals surface area contributed by atoms with E-state index in [2.05, 4.69) is 121 Å². The number of nitrogens with zero attached hydrogens (tertiary/aromatic N) is 18. The van der Waals surface area contributed by atoms with Crippen molar-refractivity contribution < 1.29 is 42.6 Å². The van der Waals surface area contributed by atoms with Gasteiger partial charge in [0.25, 0.3) is 0 Å². The van der Waals surface area contributed by atoms with Gasteiger partial charge in [0.05, 0.1) is 79.8 Å². The molecule has 0 spiro atoms. The molecule has 3 fully saturated rings. The van der Waals surface area contributed by atoms with Gasteiger partial charge in [-0.3, -0.25) is 14.7 Å². The number of para-hydroxylation sites is 3. The average Bonchev–Trinajstić information content (AvgIpc) is 1.66. The first-order valence-electron chi connectivity index (χ1n) is 39.5. The Bertz CT molecular complexity index is 5160. The Morgan fingerprint density at radius 2 is 0.731 bits per heavy atom. The van der Waals surface area contributed by atoms with Crippen LogP contribution in [0.1, 0.15) is 51.2 Å². The minimum Gasteiger partial charge on any atom is -0.493 e. The standard InChI is InChI=1S/2C28H35N9O3.C27H33N9O3/c1-19-16-36(17-20(2)40-19)12-7-13-39-23-11-10-22(14-24(23)38-3)33-28-34-27(29)37(35-28)26-15-25(30-18-31-26)32-21-8-5-4-6-9-21;1-20-30-25(32-21-8-4-3-5-9-21)19-26(31-20)37-27(29)34-28(35-37)33-22-10-11-23(24(18-22)38-2)40-15-7-6-12-36-13-16-39-17-14-36;1-19-29-24(31-20-7-4-3-5-8-20)18-25(30-19)36-26(28)33-27(34-36)32-21-9-10-22(23(17-21)37-2)39-14-6-11-35-12-15-38-16-13-35/h4-6,8-11,14-15,18-20H,7,12-13,16-17H2,1-3H3,(H,30,31,32)(H3,29,33,34,35);3-5,8-11,18-19H,6-7,12-17H2,1-2H3,(H,30,31,32)(H3,29,33,34,35);3-5,7-10,17-18H,6,11-16H2,1-2H3,(H,29,30,31)(H3,28,32,33,34). The molecule has 2 atom stereocenters. The third kappa shape index (κ3) is 24.7. The summed E-state index contributed by atoms with van der Waals surface area (Å²) in [5.74, 6) is 9.88. The van der Waals surface area contributed by atoms with Crippen molar-refractivity contribution in [1.82, 2.24) is 88.9 Å². The monoisotopic (exact) mass is 1620 g/mol. The lowest BCUT2D eigenvalue weighted by Crippen LogP contribution is -2.45. The number of benzene rings is 6. The molecule has 2 unspecified atom stereocenters. The number of aromatic nitrogens is 15. The van der Waals surface area contributed by atoms with E-state index in [4.69, 9.17) is 59.8 Å². The molecule has 0 bridgehead atoms. The number of morpholine rings is 3. The number of hydrogen-bond acceptors (Lipinski definition) is 33. The lowest BCUT2D eigenvalue weighted by atomic mass is 10.2. The van der Waals surface area contributed by atoms with Gasteiger partial charge >= 0.3 is 0 Å². The highest BCUT2D eigenvalue weighted by Crippen LogP contribution is 2.36. The number of unbranched alkanes of at least 4 members (excludes halogenated alkanes) is 1. The second kappa shape index (κ2) is 42.0. The predicted molar refractivity (Wildman–Crippen MR) is 457 cm³/mol. The summed E-state index contributed by atoms with van der Waals surface area (Å²) >= 11 is 0. The van der Waals surface area contributed by atoms with Crippen molar-refractivity contribution in [2.75, 3.05) is 176 Å². The van der Waals surface area contributed by atoms with Crippen LogP contribution in [0, 0.1) is 13.8 Å². The van der Waals surface area contributed by atoms with Crippen molar-refractivity contribution in [3.05, 3.63) is 182 Å². The molecule has 0 radical (unpaired) electrons. The smallest absolute Gasteiger partial charge is 0.248 e. The van der Waals surface area contributed by atoms with Gasteiger partial charge in [0.1, 0.15) is 35.4 Å². The van der Waals surface area contributed by atoms with Crippen LogP contribution in [-0.2, 0) is 14.2 Å². The number of nitrogen functional groups attached to an aromatic ring is 3. The van der Waals surface area contributed by atoms with Gasteiger partial charge in [0, 0.05) is 123 Å². The molecule has 12 N–H and O–H groups in total. The highest BCUT2D eigenvalue weighted by Gasteiger charge is 2.24. The molecule has 36 heteroatoms. The number of anilines is 15. The molecule has 15 rings (SSSR count). The van der Waals surface area contributed by atoms with E-state index in [9.17, 15) is 0 Å². The summed E-state index contributed by atoms with van der Waals surface area (Å²) in [6.07, 6.45) is 5.84. The SMILES string of the molecule is COc1cc(Nc2nc(N)n(-c3cc(Nc4ccccc4)nc(C)n3)n2)ccc1OCCCCN1CCOCC1.COc1cc(Nc2nc(N)n(-c3cc(Nc4ccccc4)nc(C)n3)n2)ccc1OCCCN1CCOCC1.COc1cc(Nc2nc(N)n(-c3cc(Nc4ccccc4)ncn3)n2)ccc1OCCCN1CC(C)OC(C)C1. The maximum atomic E-state index is 6.20. The summed E-state index contributed by atoms with van der Waals surface area (Å²) in [6, 6.07) is 51.3. The van der Waals surface area contributed by atoms with Crippen molar-refractivity contribution in [3.8, 4) is 52.0 Å². The van der Waals surface area contributed by atoms with Crippen LogP contribution in [0.5, 0.6) is 34.5 Å². The normalized spacial score (nSPS) is 14.9. The molecular weight excluding hydrogens is 1520 g/mol. The van der Waals surface area contributed by atoms with Crippen molar-refractivity contribution >= 4 is 87.3 Å². The lowest BCUT2D eigenvalue weighted by molar-refractivity contribution is -0.0686. The number of nitrogens with two attached hydrogens (primary N) is 3. The van der Waals surface area contributed by atoms with Crippen molar-refractivity contribution in [2.24, 2.45) is 0 Å². The van der Waals surface area contributed by atoms with Gasteiger partial charge in [-0.1, -0.05) is 54.6 Å². The Morgan fingerprint density at radius 1 is 0.370 bits per heavy atom. The first-order chi connectivity index (χ1) is 58.1. The number of nitrogens with one attached hydrogen (secondary N) is 6. The van der Waals surface area contributed by atoms with E-state index in [1.807, 2.05) is 159 Å². The maximum absolute atomic E-state index is 6.20. The molecule has 3 saturated heterocycles. The Labute approximate surface area is 690 Å². The van der Waals surface area contributed by atoms with E-state index >= 15 is 0 Å². The molecule has 3 aliphatic heterocycles. The van der Waals surface area contributed by atoms with Crippen LogP contribution in [0.15, 0.2) is 170 Å². The summed E-state index contributed by atoms with van der Waals surface area (Å²) in [5.41, 5.74) is 23.5. The molecule has 119 heavy (non-hydrogen) atoms. The minimum absolute atomic E-state index is 0.183. The quantitative estimate of drug-likeness (QED) is 0.0169. The van der Waals surface area contributed by atoms with Gasteiger partial charge in [0.15, 0.2) is 52.0 Å². The topological polar surface area (TPSA) is 412 Å². The van der Waals surface area contributed by atoms with Crippen molar-refractivity contribution in [1.29, 1.82) is 0 Å². The van der Waals surface area contributed by atoms with Crippen molar-refractivity contribution in [3.63, 3.8) is 0 Å². The molecule has 0 saturated carbocycles. The fourth-order valence-electron chi connectivity index (χ4n) is 13.3. The fourth-order valence-corrected chi connectivity index (χ4v) is 13.3. The molecule has 624 valence electrons. The summed E-state index contributed by atoms with van der Waals surface area (Å²) in [6.45, 7) is 21.8. The third-order valence-electron chi connectivity index (χ3n) is 18.8. The summed E-state index contributed by atoms with van der Waals surface area (Å²) in [4.78, 5) is 46.8. The second-order valence-electron chi connectivity index (χ2n) is 28.0. The van der Waals surface area contributed by atoms with E-state index in [1.165, 1.54) is 20.4 Å². The Hall–Kier alpha value is -13.3. The third-order valence-corrected chi connectivity index (χ3v) is 18.8. The number of aryl methyl sites for hydroxylation is 2. The number of ether oxygens (including phenoxy) is 9. The molecule has 6 aromatic heterocycles. The van der Waals surface area contributed by atoms with E-state index < -0.39 is 0 Å². The van der Waals surface area contributed by atoms with Gasteiger partial charge in [-0.05, 0) is 133 Å². The summed E-state index contributed by atoms with van der Waals surface area (Å²) in [5, 5.41) is 32.8. The van der Waals surface area contributed by atoms with Gasteiger partial charge in [0.2, 0.25) is 35.7 Å². The van der Waals surface area contributed by atoms with Gasteiger partial charge in [-0.25, -0.2) is 29.9 Å². The molecule has 12 aromatic rings. The first-order valence-corrected chi connectivity index (χ1v) is 39.5. The van der Waals surface area contributed by atoms with Crippen LogP contribution < -0.4 is 77.5 Å². The maximum Gasteiger partial charge on any atom is 0.248 e. The largest absolute Gasteiger partial charge is 0.493 e. The van der Waals surface area contributed by atoms with Gasteiger partial charge in [-0.15, -0.1) is 15.3 Å². The molecule has 0 amide bonds. The summed E-state index contributed by atoms with van der Waals surface area (Å²) in [7, 11) is 4.85. The highest BCUT2D eigenvalue weighted by molar-refractivity contribution is 5.65. The molecule has 3 aliphatic rings. The number of rotatable bonds is 34. The van der Waals surface area contributed by atoms with E-state index in [0.717, 1.165) is 145 Å². The Balaban J connectivity index is 0.000000155. The second-order valence-corrected chi connectivity index (χ2v) is 28.0. The lowest BCUT2D eigenvalue weighted by Gasteiger charge is -2.35. The molecular formula is C83H103N27O9. The Kier molecular flexibility index (Phi) is 29.6. The first kappa shape index (κ1) is 83.7. The summed E-state index contributed by atoms with van der Waals surface area (Å²) < 4.78 is 55.7. The average molecular weight is 1620 g/mol. The molecule has 9 heterocycles. The van der Waals surface area contributed by atoms with Crippen LogP contribution >= 0.6 is 0 Å². The highest BCUT2D eigenvalue weighted by atomic mass is 16.5. The molecule has 0 aliphatic carbocycles.